The molecule has 0 aliphatic carbocycles. The van der Waals surface area contributed by atoms with Gasteiger partial charge in [0.1, 0.15) is 5.25 Å². The van der Waals surface area contributed by atoms with Gasteiger partial charge in [0.25, 0.3) is 5.22 Å². The van der Waals surface area contributed by atoms with Crippen molar-refractivity contribution in [3.63, 3.8) is 0 Å². The van der Waals surface area contributed by atoms with Crippen molar-refractivity contribution in [2.75, 3.05) is 13.1 Å². The number of hydrogen-bond acceptors (Lipinski definition) is 5. The maximum absolute atomic E-state index is 13.1. The number of nitrogens with zero attached hydrogens (tertiary/aromatic N) is 3. The van der Waals surface area contributed by atoms with Crippen LogP contribution in [0.15, 0.2) is 70.3 Å². The Balaban J connectivity index is 1.52. The molecular weight excluding hydrogens is 358 g/mol. The highest BCUT2D eigenvalue weighted by atomic mass is 32.2. The van der Waals surface area contributed by atoms with E-state index in [0.717, 1.165) is 37.1 Å². The van der Waals surface area contributed by atoms with Gasteiger partial charge < -0.3 is 9.32 Å². The first-order chi connectivity index (χ1) is 13.3. The Morgan fingerprint density at radius 2 is 1.67 bits per heavy atom. The molecule has 1 amide bonds. The largest absolute Gasteiger partial charge is 0.416 e. The van der Waals surface area contributed by atoms with Gasteiger partial charge in [0.15, 0.2) is 0 Å². The van der Waals surface area contributed by atoms with Crippen LogP contribution in [-0.4, -0.2) is 34.1 Å². The van der Waals surface area contributed by atoms with Gasteiger partial charge in [0, 0.05) is 13.1 Å². The third-order valence-corrected chi connectivity index (χ3v) is 5.69. The fourth-order valence-corrected chi connectivity index (χ4v) is 4.20. The molecule has 5 nitrogen and oxygen atoms in total. The zero-order chi connectivity index (χ0) is 18.5. The first kappa shape index (κ1) is 17.8. The highest BCUT2D eigenvalue weighted by molar-refractivity contribution is 8.00. The molecule has 4 rings (SSSR count). The second-order valence-electron chi connectivity index (χ2n) is 6.57. The van der Waals surface area contributed by atoms with E-state index in [4.69, 9.17) is 4.42 Å². The molecule has 0 saturated carbocycles. The van der Waals surface area contributed by atoms with Gasteiger partial charge in [0.05, 0.1) is 6.42 Å². The lowest BCUT2D eigenvalue weighted by Gasteiger charge is -2.22. The lowest BCUT2D eigenvalue weighted by atomic mass is 10.1. The molecule has 0 bridgehead atoms. The first-order valence-electron chi connectivity index (χ1n) is 9.16. The predicted molar refractivity (Wildman–Crippen MR) is 104 cm³/mol. The second kappa shape index (κ2) is 8.39. The normalized spacial score (nSPS) is 15.0. The molecule has 1 aliphatic heterocycles. The van der Waals surface area contributed by atoms with Crippen LogP contribution in [0.25, 0.3) is 0 Å². The van der Waals surface area contributed by atoms with E-state index in [1.54, 1.807) is 0 Å². The number of hydrogen-bond donors (Lipinski definition) is 0. The van der Waals surface area contributed by atoms with Crippen LogP contribution in [0.4, 0.5) is 0 Å². The molecule has 0 N–H and O–H groups in total. The van der Waals surface area contributed by atoms with E-state index in [2.05, 4.69) is 10.2 Å². The Morgan fingerprint density at radius 1 is 1.00 bits per heavy atom. The Hall–Kier alpha value is -2.60. The van der Waals surface area contributed by atoms with Gasteiger partial charge in [-0.1, -0.05) is 60.7 Å². The van der Waals surface area contributed by atoms with Crippen LogP contribution in [0, 0.1) is 0 Å². The zero-order valence-corrected chi connectivity index (χ0v) is 15.8. The summed E-state index contributed by atoms with van der Waals surface area (Å²) < 4.78 is 5.82. The number of aromatic nitrogens is 2. The van der Waals surface area contributed by atoms with Crippen molar-refractivity contribution < 1.29 is 9.21 Å². The average molecular weight is 379 g/mol. The average Bonchev–Trinajstić information content (AvgIpc) is 3.39. The maximum Gasteiger partial charge on any atom is 0.277 e. The van der Waals surface area contributed by atoms with E-state index in [1.165, 1.54) is 11.8 Å². The lowest BCUT2D eigenvalue weighted by Crippen LogP contribution is -2.31. The molecule has 1 saturated heterocycles. The molecule has 1 unspecified atom stereocenters. The Bertz CT molecular complexity index is 877. The summed E-state index contributed by atoms with van der Waals surface area (Å²) in [6.45, 7) is 1.65. The molecule has 1 aliphatic rings. The van der Waals surface area contributed by atoms with E-state index in [1.807, 2.05) is 65.6 Å². The summed E-state index contributed by atoms with van der Waals surface area (Å²) in [4.78, 5) is 15.0. The molecule has 1 atom stereocenters. The summed E-state index contributed by atoms with van der Waals surface area (Å²) >= 11 is 1.34. The number of carbonyl (C=O) groups is 1. The van der Waals surface area contributed by atoms with Crippen molar-refractivity contribution in [1.82, 2.24) is 15.1 Å². The Morgan fingerprint density at radius 3 is 2.37 bits per heavy atom. The van der Waals surface area contributed by atoms with E-state index >= 15 is 0 Å². The van der Waals surface area contributed by atoms with Crippen LogP contribution in [0.3, 0.4) is 0 Å². The molecule has 2 heterocycles. The molecule has 3 aromatic rings. The second-order valence-corrected chi connectivity index (χ2v) is 7.62. The monoisotopic (exact) mass is 379 g/mol. The van der Waals surface area contributed by atoms with E-state index in [9.17, 15) is 4.79 Å². The number of likely N-dealkylation sites (tertiary alicyclic amines) is 1. The standard InChI is InChI=1S/C21H21N3O2S/c25-20(24-13-7-8-14-24)19(17-11-5-2-6-12-17)27-21-23-22-18(26-21)15-16-9-3-1-4-10-16/h1-6,9-12,19H,7-8,13-15H2. The summed E-state index contributed by atoms with van der Waals surface area (Å²) in [6, 6.07) is 19.8. The van der Waals surface area contributed by atoms with Gasteiger partial charge >= 0.3 is 0 Å². The predicted octanol–water partition coefficient (Wildman–Crippen LogP) is 4.12. The first-order valence-corrected chi connectivity index (χ1v) is 10.0. The minimum atomic E-state index is -0.366. The van der Waals surface area contributed by atoms with Gasteiger partial charge in [-0.3, -0.25) is 4.79 Å². The van der Waals surface area contributed by atoms with Crippen molar-refractivity contribution in [2.24, 2.45) is 0 Å². The smallest absolute Gasteiger partial charge is 0.277 e. The van der Waals surface area contributed by atoms with Crippen LogP contribution in [-0.2, 0) is 11.2 Å². The van der Waals surface area contributed by atoms with Gasteiger partial charge in [0.2, 0.25) is 11.8 Å². The molecule has 2 aromatic carbocycles. The topological polar surface area (TPSA) is 59.2 Å². The van der Waals surface area contributed by atoms with Gasteiger partial charge in [-0.05, 0) is 35.7 Å². The van der Waals surface area contributed by atoms with Crippen molar-refractivity contribution in [1.29, 1.82) is 0 Å². The van der Waals surface area contributed by atoms with Crippen LogP contribution < -0.4 is 0 Å². The van der Waals surface area contributed by atoms with Crippen LogP contribution in [0.1, 0.15) is 35.1 Å². The van der Waals surface area contributed by atoms with Crippen molar-refractivity contribution in [2.45, 2.75) is 29.7 Å². The zero-order valence-electron chi connectivity index (χ0n) is 15.0. The Labute approximate surface area is 162 Å². The van der Waals surface area contributed by atoms with Gasteiger partial charge in [-0.2, -0.15) is 0 Å². The van der Waals surface area contributed by atoms with Gasteiger partial charge in [-0.15, -0.1) is 10.2 Å². The molecule has 0 radical (unpaired) electrons. The number of thioether (sulfide) groups is 1. The van der Waals surface area contributed by atoms with E-state index < -0.39 is 0 Å². The minimum absolute atomic E-state index is 0.117. The van der Waals surface area contributed by atoms with Gasteiger partial charge in [-0.25, -0.2) is 0 Å². The highest BCUT2D eigenvalue weighted by Gasteiger charge is 2.30. The van der Waals surface area contributed by atoms with E-state index in [0.29, 0.717) is 17.5 Å². The third-order valence-electron chi connectivity index (χ3n) is 4.61. The van der Waals surface area contributed by atoms with Crippen molar-refractivity contribution >= 4 is 17.7 Å². The number of benzene rings is 2. The lowest BCUT2D eigenvalue weighted by molar-refractivity contribution is -0.129. The fourth-order valence-electron chi connectivity index (χ4n) is 3.22. The fraction of sp³-hybridized carbons (Fsp3) is 0.286. The third kappa shape index (κ3) is 4.39. The molecule has 6 heteroatoms. The quantitative estimate of drug-likeness (QED) is 0.603. The van der Waals surface area contributed by atoms with Crippen molar-refractivity contribution in [3.05, 3.63) is 77.7 Å². The Kier molecular flexibility index (Phi) is 5.53. The van der Waals surface area contributed by atoms with E-state index in [-0.39, 0.29) is 11.2 Å². The minimum Gasteiger partial charge on any atom is -0.416 e. The molecule has 1 fully saturated rings. The molecule has 27 heavy (non-hydrogen) atoms. The summed E-state index contributed by atoms with van der Waals surface area (Å²) in [5.74, 6) is 0.677. The van der Waals surface area contributed by atoms with Crippen LogP contribution >= 0.6 is 11.8 Å². The summed E-state index contributed by atoms with van der Waals surface area (Å²) in [7, 11) is 0. The summed E-state index contributed by atoms with van der Waals surface area (Å²) in [5.41, 5.74) is 2.08. The van der Waals surface area contributed by atoms with Crippen LogP contribution in [0.5, 0.6) is 0 Å². The highest BCUT2D eigenvalue weighted by Crippen LogP contribution is 2.36. The number of rotatable bonds is 6. The molecular formula is C21H21N3O2S. The molecule has 0 spiro atoms. The maximum atomic E-state index is 13.1. The summed E-state index contributed by atoms with van der Waals surface area (Å²) in [6.07, 6.45) is 2.73. The SMILES string of the molecule is O=C(C(Sc1nnc(Cc2ccccc2)o1)c1ccccc1)N1CCCC1. The molecule has 1 aromatic heterocycles. The summed E-state index contributed by atoms with van der Waals surface area (Å²) in [5, 5.41) is 8.38. The number of carbonyl (C=O) groups excluding carboxylic acids is 1. The van der Waals surface area contributed by atoms with Crippen LogP contribution in [0.2, 0.25) is 0 Å². The number of amides is 1. The molecule has 138 valence electrons. The van der Waals surface area contributed by atoms with Crippen molar-refractivity contribution in [3.8, 4) is 0 Å².